The van der Waals surface area contributed by atoms with Gasteiger partial charge in [-0.05, 0) is 68.9 Å². The van der Waals surface area contributed by atoms with Gasteiger partial charge in [-0.2, -0.15) is 0 Å². The van der Waals surface area contributed by atoms with Crippen LogP contribution in [0, 0.1) is 5.92 Å². The van der Waals surface area contributed by atoms with Crippen LogP contribution in [0.25, 0.3) is 11.4 Å². The molecule has 0 saturated heterocycles. The van der Waals surface area contributed by atoms with Crippen molar-refractivity contribution in [3.8, 4) is 17.1 Å². The molecule has 2 aromatic heterocycles. The lowest BCUT2D eigenvalue weighted by Gasteiger charge is -2.18. The SMILES string of the molecule is CCOC(=O)c1c(NC(=O)CSc2nnc(-c3ccc(OCC)cc3)n2C)sc2c1CCC(C)C2. The van der Waals surface area contributed by atoms with Crippen LogP contribution in [-0.4, -0.2) is 45.6 Å². The van der Waals surface area contributed by atoms with Crippen molar-refractivity contribution < 1.29 is 19.1 Å². The van der Waals surface area contributed by atoms with Gasteiger partial charge in [0.05, 0.1) is 24.5 Å². The number of hydrogen-bond donors (Lipinski definition) is 1. The van der Waals surface area contributed by atoms with Crippen molar-refractivity contribution in [2.24, 2.45) is 13.0 Å². The first-order valence-corrected chi connectivity index (χ1v) is 13.6. The highest BCUT2D eigenvalue weighted by atomic mass is 32.2. The van der Waals surface area contributed by atoms with Gasteiger partial charge in [0.2, 0.25) is 5.91 Å². The molecule has 3 aromatic rings. The van der Waals surface area contributed by atoms with Gasteiger partial charge in [0.25, 0.3) is 0 Å². The zero-order valence-electron chi connectivity index (χ0n) is 20.4. The van der Waals surface area contributed by atoms with E-state index in [1.165, 1.54) is 28.0 Å². The summed E-state index contributed by atoms with van der Waals surface area (Å²) in [5, 5.41) is 12.7. The molecular formula is C25H30N4O4S2. The molecule has 0 bridgehead atoms. The lowest BCUT2D eigenvalue weighted by molar-refractivity contribution is -0.113. The topological polar surface area (TPSA) is 95.3 Å². The molecule has 1 amide bonds. The van der Waals surface area contributed by atoms with E-state index in [2.05, 4.69) is 22.4 Å². The number of carbonyl (C=O) groups excluding carboxylic acids is 2. The minimum absolute atomic E-state index is 0.149. The second-order valence-corrected chi connectivity index (χ2v) is 10.5. The van der Waals surface area contributed by atoms with Crippen molar-refractivity contribution in [3.63, 3.8) is 0 Å². The molecule has 0 aliphatic heterocycles. The van der Waals surface area contributed by atoms with E-state index in [4.69, 9.17) is 9.47 Å². The maximum atomic E-state index is 12.8. The number of benzene rings is 1. The summed E-state index contributed by atoms with van der Waals surface area (Å²) in [5.74, 6) is 1.66. The summed E-state index contributed by atoms with van der Waals surface area (Å²) in [7, 11) is 1.87. The lowest BCUT2D eigenvalue weighted by Crippen LogP contribution is -2.18. The Morgan fingerprint density at radius 1 is 1.20 bits per heavy atom. The first-order chi connectivity index (χ1) is 16.9. The molecule has 1 unspecified atom stereocenters. The molecule has 0 radical (unpaired) electrons. The smallest absolute Gasteiger partial charge is 0.341 e. The molecule has 186 valence electrons. The van der Waals surface area contributed by atoms with Gasteiger partial charge in [0.15, 0.2) is 11.0 Å². The zero-order chi connectivity index (χ0) is 24.9. The number of anilines is 1. The largest absolute Gasteiger partial charge is 0.494 e. The van der Waals surface area contributed by atoms with E-state index in [1.807, 2.05) is 42.8 Å². The number of ether oxygens (including phenoxy) is 2. The number of fused-ring (bicyclic) bond motifs is 1. The average Bonchev–Trinajstić information content (AvgIpc) is 3.37. The highest BCUT2D eigenvalue weighted by molar-refractivity contribution is 7.99. The second-order valence-electron chi connectivity index (χ2n) is 8.44. The van der Waals surface area contributed by atoms with E-state index in [-0.39, 0.29) is 17.6 Å². The van der Waals surface area contributed by atoms with E-state index in [9.17, 15) is 9.59 Å². The molecule has 8 nitrogen and oxygen atoms in total. The van der Waals surface area contributed by atoms with Gasteiger partial charge >= 0.3 is 5.97 Å². The maximum absolute atomic E-state index is 12.8. The number of esters is 1. The molecule has 1 atom stereocenters. The van der Waals surface area contributed by atoms with Crippen LogP contribution >= 0.6 is 23.1 Å². The minimum Gasteiger partial charge on any atom is -0.494 e. The Balaban J connectivity index is 1.44. The summed E-state index contributed by atoms with van der Waals surface area (Å²) in [6, 6.07) is 7.67. The fourth-order valence-electron chi connectivity index (χ4n) is 4.11. The highest BCUT2D eigenvalue weighted by Gasteiger charge is 2.29. The van der Waals surface area contributed by atoms with E-state index >= 15 is 0 Å². The van der Waals surface area contributed by atoms with Gasteiger partial charge in [-0.25, -0.2) is 4.79 Å². The molecule has 2 heterocycles. The summed E-state index contributed by atoms with van der Waals surface area (Å²) in [6.07, 6.45) is 2.78. The molecule has 0 spiro atoms. The molecule has 0 fully saturated rings. The van der Waals surface area contributed by atoms with Crippen LogP contribution in [-0.2, 0) is 29.4 Å². The number of nitrogens with zero attached hydrogens (tertiary/aromatic N) is 3. The third kappa shape index (κ3) is 5.70. The molecule has 1 aliphatic carbocycles. The third-order valence-electron chi connectivity index (χ3n) is 5.83. The Hall–Kier alpha value is -2.85. The van der Waals surface area contributed by atoms with Crippen LogP contribution in [0.4, 0.5) is 5.00 Å². The Kier molecular flexibility index (Phi) is 8.12. The normalized spacial score (nSPS) is 14.9. The first-order valence-electron chi connectivity index (χ1n) is 11.8. The van der Waals surface area contributed by atoms with Crippen molar-refractivity contribution in [1.82, 2.24) is 14.8 Å². The highest BCUT2D eigenvalue weighted by Crippen LogP contribution is 2.40. The maximum Gasteiger partial charge on any atom is 0.341 e. The van der Waals surface area contributed by atoms with Crippen LogP contribution in [0.3, 0.4) is 0 Å². The van der Waals surface area contributed by atoms with Gasteiger partial charge in [0.1, 0.15) is 10.8 Å². The van der Waals surface area contributed by atoms with Crippen molar-refractivity contribution in [2.45, 2.75) is 45.2 Å². The minimum atomic E-state index is -0.365. The molecule has 1 aliphatic rings. The summed E-state index contributed by atoms with van der Waals surface area (Å²) >= 11 is 2.80. The monoisotopic (exact) mass is 514 g/mol. The Morgan fingerprint density at radius 3 is 2.69 bits per heavy atom. The van der Waals surface area contributed by atoms with Gasteiger partial charge < -0.3 is 19.4 Å². The first kappa shape index (κ1) is 25.2. The number of nitrogens with one attached hydrogen (secondary N) is 1. The van der Waals surface area contributed by atoms with E-state index < -0.39 is 0 Å². The van der Waals surface area contributed by atoms with E-state index in [0.29, 0.717) is 40.7 Å². The molecule has 0 saturated carbocycles. The summed E-state index contributed by atoms with van der Waals surface area (Å²) in [5.41, 5.74) is 2.47. The van der Waals surface area contributed by atoms with Crippen LogP contribution in [0.1, 0.15) is 48.0 Å². The Bertz CT molecular complexity index is 1200. The number of rotatable bonds is 9. The van der Waals surface area contributed by atoms with Crippen LogP contribution < -0.4 is 10.1 Å². The fraction of sp³-hybridized carbons (Fsp3) is 0.440. The van der Waals surface area contributed by atoms with Crippen LogP contribution in [0.5, 0.6) is 5.75 Å². The van der Waals surface area contributed by atoms with Crippen molar-refractivity contribution in [1.29, 1.82) is 0 Å². The van der Waals surface area contributed by atoms with E-state index in [0.717, 1.165) is 36.1 Å². The molecular weight excluding hydrogens is 484 g/mol. The fourth-order valence-corrected chi connectivity index (χ4v) is 6.24. The number of hydrogen-bond acceptors (Lipinski definition) is 8. The van der Waals surface area contributed by atoms with Gasteiger partial charge in [-0.1, -0.05) is 18.7 Å². The van der Waals surface area contributed by atoms with Gasteiger partial charge in [0, 0.05) is 17.5 Å². The summed E-state index contributed by atoms with van der Waals surface area (Å²) in [6.45, 7) is 6.86. The lowest BCUT2D eigenvalue weighted by atomic mass is 9.88. The molecule has 4 rings (SSSR count). The summed E-state index contributed by atoms with van der Waals surface area (Å²) in [4.78, 5) is 26.7. The number of thiophene rings is 1. The number of amides is 1. The number of carbonyl (C=O) groups is 2. The number of aromatic nitrogens is 3. The van der Waals surface area contributed by atoms with Crippen molar-refractivity contribution in [2.75, 3.05) is 24.3 Å². The standard InChI is InChI=1S/C25H30N4O4S2/c1-5-32-17-10-8-16(9-11-17)22-27-28-25(29(22)4)34-14-20(30)26-23-21(24(31)33-6-2)18-12-7-15(3)13-19(18)35-23/h8-11,15H,5-7,12-14H2,1-4H3,(H,26,30). The molecule has 35 heavy (non-hydrogen) atoms. The van der Waals surface area contributed by atoms with Crippen LogP contribution in [0.2, 0.25) is 0 Å². The van der Waals surface area contributed by atoms with E-state index in [1.54, 1.807) is 6.92 Å². The second kappa shape index (κ2) is 11.3. The Morgan fingerprint density at radius 2 is 1.97 bits per heavy atom. The average molecular weight is 515 g/mol. The predicted molar refractivity (Wildman–Crippen MR) is 138 cm³/mol. The number of thioether (sulfide) groups is 1. The van der Waals surface area contributed by atoms with Crippen LogP contribution in [0.15, 0.2) is 29.4 Å². The molecule has 10 heteroatoms. The van der Waals surface area contributed by atoms with Crippen molar-refractivity contribution in [3.05, 3.63) is 40.3 Å². The van der Waals surface area contributed by atoms with Gasteiger partial charge in [-0.3, -0.25) is 4.79 Å². The zero-order valence-corrected chi connectivity index (χ0v) is 22.1. The van der Waals surface area contributed by atoms with Gasteiger partial charge in [-0.15, -0.1) is 21.5 Å². The molecule has 1 N–H and O–H groups in total. The summed E-state index contributed by atoms with van der Waals surface area (Å²) < 4.78 is 12.7. The molecule has 1 aromatic carbocycles. The third-order valence-corrected chi connectivity index (χ3v) is 8.02. The van der Waals surface area contributed by atoms with Crippen molar-refractivity contribution >= 4 is 40.0 Å². The quantitative estimate of drug-likeness (QED) is 0.318. The predicted octanol–water partition coefficient (Wildman–Crippen LogP) is 4.97. The Labute approximate surface area is 213 Å².